The van der Waals surface area contributed by atoms with Gasteiger partial charge in [-0.2, -0.15) is 0 Å². The molecule has 1 unspecified atom stereocenters. The Bertz CT molecular complexity index is 1120. The lowest BCUT2D eigenvalue weighted by atomic mass is 9.98. The number of aliphatic hydroxyl groups excluding tert-OH is 1. The molecule has 0 saturated carbocycles. The van der Waals surface area contributed by atoms with E-state index in [4.69, 9.17) is 0 Å². The quantitative estimate of drug-likeness (QED) is 0.595. The number of benzene rings is 1. The van der Waals surface area contributed by atoms with Crippen molar-refractivity contribution in [3.8, 4) is 10.6 Å². The molecule has 3 aromatic rings. The fourth-order valence-corrected chi connectivity index (χ4v) is 4.66. The fraction of sp³-hybridized carbons (Fsp3) is 0.217. The zero-order chi connectivity index (χ0) is 21.3. The number of aliphatic hydroxyl groups is 1. The smallest absolute Gasteiger partial charge is 0.290 e. The summed E-state index contributed by atoms with van der Waals surface area (Å²) in [6, 6.07) is 14.2. The van der Waals surface area contributed by atoms with Crippen LogP contribution in [0.4, 0.5) is 0 Å². The zero-order valence-electron chi connectivity index (χ0n) is 16.7. The average Bonchev–Trinajstić information content (AvgIpc) is 3.28. The number of nitrogens with zero attached hydrogens (tertiary/aromatic N) is 3. The van der Waals surface area contributed by atoms with Crippen LogP contribution in [-0.4, -0.2) is 38.2 Å². The number of pyridine rings is 1. The zero-order valence-corrected chi connectivity index (χ0v) is 17.5. The van der Waals surface area contributed by atoms with Gasteiger partial charge in [0.05, 0.1) is 21.8 Å². The molecule has 1 atom stereocenters. The van der Waals surface area contributed by atoms with Gasteiger partial charge in [0.2, 0.25) is 5.78 Å². The molecule has 1 aromatic carbocycles. The van der Waals surface area contributed by atoms with Crippen molar-refractivity contribution in [3.63, 3.8) is 0 Å². The van der Waals surface area contributed by atoms with E-state index in [0.717, 1.165) is 10.6 Å². The van der Waals surface area contributed by atoms with E-state index in [1.54, 1.807) is 31.3 Å². The van der Waals surface area contributed by atoms with Crippen molar-refractivity contribution < 1.29 is 14.7 Å². The standard InChI is InChI=1S/C23H21N3O3S/c1-3-13-26-18(16-11-7-8-12-24-16)17(20(28)23(26)29)19(27)21-14(2)25-22(30-21)15-9-5-4-6-10-15/h4-12,18,28H,3,13H2,1-2H3. The van der Waals surface area contributed by atoms with E-state index in [0.29, 0.717) is 29.2 Å². The molecule has 1 amide bonds. The summed E-state index contributed by atoms with van der Waals surface area (Å²) in [6.07, 6.45) is 2.31. The summed E-state index contributed by atoms with van der Waals surface area (Å²) < 4.78 is 0. The molecule has 0 radical (unpaired) electrons. The Morgan fingerprint density at radius 1 is 1.17 bits per heavy atom. The molecule has 0 spiro atoms. The van der Waals surface area contributed by atoms with Crippen LogP contribution < -0.4 is 0 Å². The monoisotopic (exact) mass is 419 g/mol. The Kier molecular flexibility index (Phi) is 5.46. The number of hydrogen-bond donors (Lipinski definition) is 1. The van der Waals surface area contributed by atoms with Crippen LogP contribution in [0.2, 0.25) is 0 Å². The predicted molar refractivity (Wildman–Crippen MR) is 115 cm³/mol. The largest absolute Gasteiger partial charge is 0.503 e. The molecule has 3 heterocycles. The van der Waals surface area contributed by atoms with Crippen molar-refractivity contribution in [2.45, 2.75) is 26.3 Å². The van der Waals surface area contributed by atoms with Crippen molar-refractivity contribution in [2.75, 3.05) is 6.54 Å². The number of carbonyl (C=O) groups is 2. The number of thiazole rings is 1. The molecule has 6 nitrogen and oxygen atoms in total. The average molecular weight is 420 g/mol. The first-order valence-corrected chi connectivity index (χ1v) is 10.6. The highest BCUT2D eigenvalue weighted by Gasteiger charge is 2.44. The van der Waals surface area contributed by atoms with Crippen LogP contribution in [0.25, 0.3) is 10.6 Å². The molecule has 4 rings (SSSR count). The summed E-state index contributed by atoms with van der Waals surface area (Å²) in [5, 5.41) is 11.4. The Morgan fingerprint density at radius 3 is 2.57 bits per heavy atom. The molecule has 2 aromatic heterocycles. The Labute approximate surface area is 178 Å². The van der Waals surface area contributed by atoms with E-state index in [1.807, 2.05) is 37.3 Å². The molecular formula is C23H21N3O3S. The number of rotatable bonds is 6. The van der Waals surface area contributed by atoms with E-state index >= 15 is 0 Å². The maximum absolute atomic E-state index is 13.5. The summed E-state index contributed by atoms with van der Waals surface area (Å²) in [5.74, 6) is -1.42. The molecule has 0 fully saturated rings. The lowest BCUT2D eigenvalue weighted by Gasteiger charge is -2.25. The minimum atomic E-state index is -0.715. The van der Waals surface area contributed by atoms with Crippen LogP contribution in [-0.2, 0) is 4.79 Å². The maximum atomic E-state index is 13.5. The van der Waals surface area contributed by atoms with Gasteiger partial charge in [0.15, 0.2) is 5.76 Å². The molecule has 0 bridgehead atoms. The lowest BCUT2D eigenvalue weighted by molar-refractivity contribution is -0.129. The summed E-state index contributed by atoms with van der Waals surface area (Å²) in [6.45, 7) is 4.13. The van der Waals surface area contributed by atoms with Crippen LogP contribution in [0.1, 0.15) is 40.4 Å². The van der Waals surface area contributed by atoms with E-state index in [1.165, 1.54) is 16.2 Å². The van der Waals surface area contributed by atoms with Gasteiger partial charge in [-0.25, -0.2) is 4.98 Å². The second-order valence-corrected chi connectivity index (χ2v) is 8.05. The van der Waals surface area contributed by atoms with Crippen molar-refractivity contribution in [1.82, 2.24) is 14.9 Å². The molecule has 1 N–H and O–H groups in total. The van der Waals surface area contributed by atoms with E-state index in [9.17, 15) is 14.7 Å². The Morgan fingerprint density at radius 2 is 1.90 bits per heavy atom. The number of hydrogen-bond acceptors (Lipinski definition) is 6. The van der Waals surface area contributed by atoms with Crippen LogP contribution in [0, 0.1) is 6.92 Å². The first-order valence-electron chi connectivity index (χ1n) is 9.75. The molecule has 7 heteroatoms. The third-order valence-corrected chi connectivity index (χ3v) is 6.21. The second-order valence-electron chi connectivity index (χ2n) is 7.05. The van der Waals surface area contributed by atoms with E-state index < -0.39 is 17.7 Å². The van der Waals surface area contributed by atoms with Gasteiger partial charge in [0.25, 0.3) is 5.91 Å². The summed E-state index contributed by atoms with van der Waals surface area (Å²) in [4.78, 5) is 37.2. The van der Waals surface area contributed by atoms with Gasteiger partial charge in [-0.15, -0.1) is 11.3 Å². The molecule has 1 aliphatic rings. The number of ketones is 1. The normalized spacial score (nSPS) is 16.4. The predicted octanol–water partition coefficient (Wildman–Crippen LogP) is 4.50. The van der Waals surface area contributed by atoms with Crippen LogP contribution in [0.15, 0.2) is 66.1 Å². The molecule has 30 heavy (non-hydrogen) atoms. The Balaban J connectivity index is 1.79. The molecule has 152 valence electrons. The third kappa shape index (κ3) is 3.41. The molecule has 0 aliphatic carbocycles. The maximum Gasteiger partial charge on any atom is 0.290 e. The third-order valence-electron chi connectivity index (χ3n) is 5.00. The van der Waals surface area contributed by atoms with Gasteiger partial charge in [0.1, 0.15) is 11.0 Å². The molecular weight excluding hydrogens is 398 g/mol. The minimum absolute atomic E-state index is 0.0681. The molecule has 1 aliphatic heterocycles. The van der Waals surface area contributed by atoms with Gasteiger partial charge < -0.3 is 10.0 Å². The van der Waals surface area contributed by atoms with Crippen LogP contribution in [0.3, 0.4) is 0 Å². The first kappa shape index (κ1) is 20.0. The van der Waals surface area contributed by atoms with E-state index in [2.05, 4.69) is 9.97 Å². The van der Waals surface area contributed by atoms with Gasteiger partial charge >= 0.3 is 0 Å². The highest BCUT2D eigenvalue weighted by Crippen LogP contribution is 2.40. The van der Waals surface area contributed by atoms with Crippen molar-refractivity contribution in [1.29, 1.82) is 0 Å². The highest BCUT2D eigenvalue weighted by molar-refractivity contribution is 7.17. The van der Waals surface area contributed by atoms with E-state index in [-0.39, 0.29) is 11.4 Å². The van der Waals surface area contributed by atoms with Crippen molar-refractivity contribution >= 4 is 23.0 Å². The summed E-state index contributed by atoms with van der Waals surface area (Å²) >= 11 is 1.27. The van der Waals surface area contributed by atoms with Gasteiger partial charge in [-0.05, 0) is 25.5 Å². The van der Waals surface area contributed by atoms with Crippen molar-refractivity contribution in [3.05, 3.63) is 82.3 Å². The number of Topliss-reactive ketones (excluding diaryl/α,β-unsaturated/α-hetero) is 1. The van der Waals surface area contributed by atoms with Crippen molar-refractivity contribution in [2.24, 2.45) is 0 Å². The van der Waals surface area contributed by atoms with Gasteiger partial charge in [-0.1, -0.05) is 43.3 Å². The van der Waals surface area contributed by atoms with Gasteiger partial charge in [-0.3, -0.25) is 14.6 Å². The highest BCUT2D eigenvalue weighted by atomic mass is 32.1. The SMILES string of the molecule is CCCN1C(=O)C(O)=C(C(=O)c2sc(-c3ccccc3)nc2C)C1c1ccccn1. The number of aryl methyl sites for hydroxylation is 1. The van der Waals surface area contributed by atoms with Crippen LogP contribution >= 0.6 is 11.3 Å². The Hall–Kier alpha value is -3.32. The minimum Gasteiger partial charge on any atom is -0.503 e. The summed E-state index contributed by atoms with van der Waals surface area (Å²) in [7, 11) is 0. The number of carbonyl (C=O) groups excluding carboxylic acids is 2. The lowest BCUT2D eigenvalue weighted by Crippen LogP contribution is -2.32. The first-order chi connectivity index (χ1) is 14.5. The summed E-state index contributed by atoms with van der Waals surface area (Å²) in [5.41, 5.74) is 2.11. The molecule has 0 saturated heterocycles. The number of aromatic nitrogens is 2. The second kappa shape index (κ2) is 8.20. The number of amides is 1. The van der Waals surface area contributed by atoms with Gasteiger partial charge in [0, 0.05) is 18.3 Å². The topological polar surface area (TPSA) is 83.4 Å². The van der Waals surface area contributed by atoms with Crippen LogP contribution in [0.5, 0.6) is 0 Å². The fourth-order valence-electron chi connectivity index (χ4n) is 3.64.